The van der Waals surface area contributed by atoms with E-state index in [1.807, 2.05) is 12.1 Å². The molecule has 0 atom stereocenters. The molecule has 0 radical (unpaired) electrons. The lowest BCUT2D eigenvalue weighted by atomic mass is 10.1. The molecule has 0 amide bonds. The van der Waals surface area contributed by atoms with Gasteiger partial charge in [0.15, 0.2) is 0 Å². The lowest BCUT2D eigenvalue weighted by Gasteiger charge is -2.29. The van der Waals surface area contributed by atoms with E-state index in [4.69, 9.17) is 17.0 Å². The Labute approximate surface area is 144 Å². The van der Waals surface area contributed by atoms with E-state index in [2.05, 4.69) is 48.2 Å². The lowest BCUT2D eigenvalue weighted by molar-refractivity contribution is 0.306. The van der Waals surface area contributed by atoms with Crippen LogP contribution in [0.4, 0.5) is 0 Å². The number of benzene rings is 2. The molecule has 0 spiro atoms. The fraction of sp³-hybridized carbons (Fsp3) is 0.350. The maximum atomic E-state index is 5.86. The van der Waals surface area contributed by atoms with Crippen molar-refractivity contribution in [3.63, 3.8) is 0 Å². The van der Waals surface area contributed by atoms with E-state index in [-0.39, 0.29) is 0 Å². The Balaban J connectivity index is 1.58. The van der Waals surface area contributed by atoms with Gasteiger partial charge in [-0.05, 0) is 56.0 Å². The smallest absolute Gasteiger partial charge is 0.119 e. The molecule has 0 bridgehead atoms. The van der Waals surface area contributed by atoms with Crippen molar-refractivity contribution in [2.24, 2.45) is 0 Å². The van der Waals surface area contributed by atoms with Crippen LogP contribution < -0.4 is 4.74 Å². The molecule has 1 fully saturated rings. The van der Waals surface area contributed by atoms with Crippen LogP contribution in [0, 0.1) is 6.92 Å². The van der Waals surface area contributed by atoms with Gasteiger partial charge in [-0.15, -0.1) is 0 Å². The van der Waals surface area contributed by atoms with Crippen LogP contribution in [-0.2, 0) is 6.61 Å². The van der Waals surface area contributed by atoms with Gasteiger partial charge in [-0.1, -0.05) is 42.0 Å². The third-order valence-corrected chi connectivity index (χ3v) is 4.76. The summed E-state index contributed by atoms with van der Waals surface area (Å²) in [6.45, 7) is 4.86. The van der Waals surface area contributed by atoms with Crippen LogP contribution in [0.15, 0.2) is 48.5 Å². The van der Waals surface area contributed by atoms with Crippen molar-refractivity contribution in [3.8, 4) is 5.75 Å². The predicted octanol–water partition coefficient (Wildman–Crippen LogP) is 4.74. The number of aryl methyl sites for hydroxylation is 1. The first kappa shape index (κ1) is 16.0. The first-order valence-electron chi connectivity index (χ1n) is 8.30. The topological polar surface area (TPSA) is 12.5 Å². The summed E-state index contributed by atoms with van der Waals surface area (Å²) in [5.74, 6) is 0.885. The molecule has 1 aliphatic rings. The minimum Gasteiger partial charge on any atom is -0.489 e. The summed E-state index contributed by atoms with van der Waals surface area (Å²) in [5.41, 5.74) is 3.57. The van der Waals surface area contributed by atoms with Gasteiger partial charge >= 0.3 is 0 Å². The zero-order chi connectivity index (χ0) is 16.1. The molecule has 0 N–H and O–H groups in total. The van der Waals surface area contributed by atoms with Crippen LogP contribution in [0.2, 0.25) is 0 Å². The van der Waals surface area contributed by atoms with Crippen molar-refractivity contribution in [2.45, 2.75) is 32.8 Å². The molecular formula is C20H23NOS. The van der Waals surface area contributed by atoms with E-state index in [0.29, 0.717) is 6.61 Å². The molecular weight excluding hydrogens is 302 g/mol. The second-order valence-electron chi connectivity index (χ2n) is 6.15. The third-order valence-electron chi connectivity index (χ3n) is 4.27. The highest BCUT2D eigenvalue weighted by atomic mass is 32.1. The number of hydrogen-bond donors (Lipinski definition) is 0. The summed E-state index contributed by atoms with van der Waals surface area (Å²) in [7, 11) is 0. The van der Waals surface area contributed by atoms with Crippen LogP contribution in [0.1, 0.15) is 36.0 Å². The molecule has 0 aliphatic carbocycles. The monoisotopic (exact) mass is 325 g/mol. The first-order chi connectivity index (χ1) is 11.2. The summed E-state index contributed by atoms with van der Waals surface area (Å²) in [4.78, 5) is 3.29. The molecule has 120 valence electrons. The third kappa shape index (κ3) is 4.32. The Morgan fingerprint density at radius 1 is 0.957 bits per heavy atom. The average molecular weight is 325 g/mol. The molecule has 0 unspecified atom stereocenters. The maximum Gasteiger partial charge on any atom is 0.119 e. The normalized spacial score (nSPS) is 14.6. The fourth-order valence-electron chi connectivity index (χ4n) is 2.82. The largest absolute Gasteiger partial charge is 0.489 e. The molecule has 3 heteroatoms. The van der Waals surface area contributed by atoms with Gasteiger partial charge in [-0.25, -0.2) is 0 Å². The second-order valence-corrected chi connectivity index (χ2v) is 6.54. The molecule has 2 nitrogen and oxygen atoms in total. The van der Waals surface area contributed by atoms with Gasteiger partial charge in [0.25, 0.3) is 0 Å². The number of ether oxygens (including phenoxy) is 1. The number of nitrogens with zero attached hydrogens (tertiary/aromatic N) is 1. The summed E-state index contributed by atoms with van der Waals surface area (Å²) in [5, 5.41) is 0. The van der Waals surface area contributed by atoms with E-state index in [9.17, 15) is 0 Å². The lowest BCUT2D eigenvalue weighted by Crippen LogP contribution is -2.34. The minimum absolute atomic E-state index is 0.593. The average Bonchev–Trinajstić information content (AvgIpc) is 2.62. The highest BCUT2D eigenvalue weighted by Crippen LogP contribution is 2.18. The van der Waals surface area contributed by atoms with Crippen LogP contribution in [0.5, 0.6) is 5.75 Å². The van der Waals surface area contributed by atoms with E-state index < -0.39 is 0 Å². The molecule has 0 saturated carbocycles. The number of likely N-dealkylation sites (tertiary alicyclic amines) is 1. The minimum atomic E-state index is 0.593. The van der Waals surface area contributed by atoms with E-state index >= 15 is 0 Å². The van der Waals surface area contributed by atoms with Gasteiger partial charge in [0.2, 0.25) is 0 Å². The zero-order valence-corrected chi connectivity index (χ0v) is 14.4. The molecule has 2 aromatic rings. The van der Waals surface area contributed by atoms with Gasteiger partial charge in [-0.3, -0.25) is 0 Å². The number of rotatable bonds is 4. The Kier molecular flexibility index (Phi) is 5.29. The highest BCUT2D eigenvalue weighted by molar-refractivity contribution is 7.80. The van der Waals surface area contributed by atoms with Gasteiger partial charge in [0.1, 0.15) is 17.3 Å². The van der Waals surface area contributed by atoms with E-state index in [1.54, 1.807) is 0 Å². The Bertz CT molecular complexity index is 642. The van der Waals surface area contributed by atoms with Crippen molar-refractivity contribution in [3.05, 3.63) is 65.2 Å². The van der Waals surface area contributed by atoms with Gasteiger partial charge < -0.3 is 9.64 Å². The standard InChI is InChI=1S/C20H23NOS/c1-16-5-7-17(8-6-16)15-22-19-11-9-18(10-12-19)20(23)21-13-3-2-4-14-21/h5-12H,2-4,13-15H2,1H3. The molecule has 2 aromatic carbocycles. The number of piperidine rings is 1. The Hall–Kier alpha value is -1.87. The zero-order valence-electron chi connectivity index (χ0n) is 13.6. The second kappa shape index (κ2) is 7.60. The highest BCUT2D eigenvalue weighted by Gasteiger charge is 2.14. The maximum absolute atomic E-state index is 5.86. The van der Waals surface area contributed by atoms with Crippen molar-refractivity contribution >= 4 is 17.2 Å². The van der Waals surface area contributed by atoms with Crippen LogP contribution >= 0.6 is 12.2 Å². The van der Waals surface area contributed by atoms with Gasteiger partial charge in [-0.2, -0.15) is 0 Å². The van der Waals surface area contributed by atoms with Crippen molar-refractivity contribution in [1.82, 2.24) is 4.90 Å². The Morgan fingerprint density at radius 2 is 1.61 bits per heavy atom. The van der Waals surface area contributed by atoms with E-state index in [1.165, 1.54) is 30.4 Å². The van der Waals surface area contributed by atoms with Crippen LogP contribution in [0.3, 0.4) is 0 Å². The molecule has 1 saturated heterocycles. The molecule has 0 aromatic heterocycles. The van der Waals surface area contributed by atoms with Crippen molar-refractivity contribution in [2.75, 3.05) is 13.1 Å². The molecule has 1 aliphatic heterocycles. The molecule has 1 heterocycles. The summed E-state index contributed by atoms with van der Waals surface area (Å²) >= 11 is 5.62. The fourth-order valence-corrected chi connectivity index (χ4v) is 3.14. The first-order valence-corrected chi connectivity index (χ1v) is 8.71. The SMILES string of the molecule is Cc1ccc(COc2ccc(C(=S)N3CCCCC3)cc2)cc1. The summed E-state index contributed by atoms with van der Waals surface area (Å²) in [6, 6.07) is 16.6. The Morgan fingerprint density at radius 3 is 2.26 bits per heavy atom. The van der Waals surface area contributed by atoms with Crippen molar-refractivity contribution < 1.29 is 4.74 Å². The molecule has 23 heavy (non-hydrogen) atoms. The molecule has 3 rings (SSSR count). The van der Waals surface area contributed by atoms with Crippen molar-refractivity contribution in [1.29, 1.82) is 0 Å². The van der Waals surface area contributed by atoms with Crippen LogP contribution in [-0.4, -0.2) is 23.0 Å². The quantitative estimate of drug-likeness (QED) is 0.754. The van der Waals surface area contributed by atoms with Gasteiger partial charge in [0, 0.05) is 18.7 Å². The number of thiocarbonyl (C=S) groups is 1. The van der Waals surface area contributed by atoms with Gasteiger partial charge in [0.05, 0.1) is 0 Å². The van der Waals surface area contributed by atoms with E-state index in [0.717, 1.165) is 29.4 Å². The summed E-state index contributed by atoms with van der Waals surface area (Å²) < 4.78 is 5.86. The number of hydrogen-bond acceptors (Lipinski definition) is 2. The predicted molar refractivity (Wildman–Crippen MR) is 99.1 cm³/mol. The van der Waals surface area contributed by atoms with Crippen LogP contribution in [0.25, 0.3) is 0 Å². The summed E-state index contributed by atoms with van der Waals surface area (Å²) in [6.07, 6.45) is 3.82.